The van der Waals surface area contributed by atoms with Crippen molar-refractivity contribution in [2.24, 2.45) is 0 Å². The molecular formula is C14H16FNO3S2. The molecule has 4 nitrogen and oxygen atoms in total. The summed E-state index contributed by atoms with van der Waals surface area (Å²) in [4.78, 5) is -0.0238. The standard InChI is InChI=1S/C14H16FNO3S2/c1-16(13-6-8-20-10-13)21(18,19)14-5-4-12(15)9-11(14)3-2-7-17/h4-5,9,13,17H,6-8,10H2,1H3. The van der Waals surface area contributed by atoms with Crippen LogP contribution in [0.4, 0.5) is 4.39 Å². The van der Waals surface area contributed by atoms with Crippen molar-refractivity contribution < 1.29 is 17.9 Å². The lowest BCUT2D eigenvalue weighted by Gasteiger charge is -2.23. The van der Waals surface area contributed by atoms with Crippen LogP contribution in [0.2, 0.25) is 0 Å². The highest BCUT2D eigenvalue weighted by Gasteiger charge is 2.31. The van der Waals surface area contributed by atoms with Gasteiger partial charge in [0.05, 0.1) is 4.90 Å². The smallest absolute Gasteiger partial charge is 0.244 e. The molecule has 21 heavy (non-hydrogen) atoms. The van der Waals surface area contributed by atoms with E-state index in [2.05, 4.69) is 11.8 Å². The second kappa shape index (κ2) is 6.79. The maximum Gasteiger partial charge on any atom is 0.244 e. The number of halogens is 1. The van der Waals surface area contributed by atoms with Gasteiger partial charge < -0.3 is 5.11 Å². The largest absolute Gasteiger partial charge is 0.384 e. The number of benzene rings is 1. The molecule has 1 heterocycles. The number of aliphatic hydroxyl groups is 1. The van der Waals surface area contributed by atoms with Crippen LogP contribution in [0.15, 0.2) is 23.1 Å². The fourth-order valence-corrected chi connectivity index (χ4v) is 4.99. The van der Waals surface area contributed by atoms with Crippen LogP contribution in [0.5, 0.6) is 0 Å². The molecule has 1 aromatic carbocycles. The zero-order chi connectivity index (χ0) is 15.5. The van der Waals surface area contributed by atoms with Crippen LogP contribution in [0.1, 0.15) is 12.0 Å². The van der Waals surface area contributed by atoms with Gasteiger partial charge >= 0.3 is 0 Å². The fraction of sp³-hybridized carbons (Fsp3) is 0.429. The number of rotatable bonds is 3. The van der Waals surface area contributed by atoms with Crippen LogP contribution in [0.25, 0.3) is 0 Å². The summed E-state index contributed by atoms with van der Waals surface area (Å²) in [5, 5.41) is 8.74. The van der Waals surface area contributed by atoms with Crippen LogP contribution in [-0.4, -0.2) is 49.0 Å². The zero-order valence-corrected chi connectivity index (χ0v) is 13.2. The van der Waals surface area contributed by atoms with E-state index in [1.807, 2.05) is 0 Å². The van der Waals surface area contributed by atoms with Gasteiger partial charge in [0.1, 0.15) is 12.4 Å². The molecule has 0 saturated carbocycles. The summed E-state index contributed by atoms with van der Waals surface area (Å²) in [7, 11) is -2.19. The lowest BCUT2D eigenvalue weighted by atomic mass is 10.2. The van der Waals surface area contributed by atoms with Crippen molar-refractivity contribution in [3.63, 3.8) is 0 Å². The molecule has 1 N–H and O–H groups in total. The van der Waals surface area contributed by atoms with E-state index < -0.39 is 22.4 Å². The molecule has 1 unspecified atom stereocenters. The number of hydrogen-bond acceptors (Lipinski definition) is 4. The van der Waals surface area contributed by atoms with Crippen molar-refractivity contribution in [2.45, 2.75) is 17.4 Å². The summed E-state index contributed by atoms with van der Waals surface area (Å²) in [6, 6.07) is 3.36. The minimum absolute atomic E-state index is 0.0238. The Hall–Kier alpha value is -1.07. The molecule has 0 spiro atoms. The second-order valence-electron chi connectivity index (χ2n) is 4.64. The molecule has 2 rings (SSSR count). The van der Waals surface area contributed by atoms with E-state index in [-0.39, 0.29) is 16.5 Å². The molecule has 0 aromatic heterocycles. The highest BCUT2D eigenvalue weighted by molar-refractivity contribution is 7.99. The van der Waals surface area contributed by atoms with Gasteiger partial charge in [0.25, 0.3) is 0 Å². The molecule has 1 atom stereocenters. The Morgan fingerprint density at radius 2 is 2.29 bits per heavy atom. The number of nitrogens with zero attached hydrogens (tertiary/aromatic N) is 1. The molecule has 7 heteroatoms. The summed E-state index contributed by atoms with van der Waals surface area (Å²) in [5.74, 6) is 6.00. The summed E-state index contributed by atoms with van der Waals surface area (Å²) in [6.07, 6.45) is 0.805. The quantitative estimate of drug-likeness (QED) is 0.849. The second-order valence-corrected chi connectivity index (χ2v) is 7.75. The fourth-order valence-electron chi connectivity index (χ4n) is 2.12. The van der Waals surface area contributed by atoms with Crippen LogP contribution in [-0.2, 0) is 10.0 Å². The molecule has 1 saturated heterocycles. The third-order valence-electron chi connectivity index (χ3n) is 3.32. The van der Waals surface area contributed by atoms with Gasteiger partial charge in [-0.25, -0.2) is 12.8 Å². The number of hydrogen-bond donors (Lipinski definition) is 1. The van der Waals surface area contributed by atoms with Crippen LogP contribution in [0, 0.1) is 17.7 Å². The molecule has 1 aliphatic rings. The molecule has 114 valence electrons. The Morgan fingerprint density at radius 3 is 2.90 bits per heavy atom. The first-order valence-corrected chi connectivity index (χ1v) is 9.01. The molecule has 0 aliphatic carbocycles. The molecule has 0 radical (unpaired) electrons. The molecule has 0 amide bonds. The van der Waals surface area contributed by atoms with Gasteiger partial charge in [-0.15, -0.1) is 0 Å². The molecule has 0 bridgehead atoms. The van der Waals surface area contributed by atoms with E-state index in [9.17, 15) is 12.8 Å². The van der Waals surface area contributed by atoms with Crippen LogP contribution < -0.4 is 0 Å². The van der Waals surface area contributed by atoms with Crippen LogP contribution in [0.3, 0.4) is 0 Å². The average Bonchev–Trinajstić information content (AvgIpc) is 2.98. The Labute approximate surface area is 128 Å². The van der Waals surface area contributed by atoms with E-state index in [1.54, 1.807) is 18.8 Å². The van der Waals surface area contributed by atoms with E-state index in [0.717, 1.165) is 30.1 Å². The molecule has 1 fully saturated rings. The third-order valence-corrected chi connectivity index (χ3v) is 6.43. The molecule has 1 aromatic rings. The predicted molar refractivity (Wildman–Crippen MR) is 81.0 cm³/mol. The zero-order valence-electron chi connectivity index (χ0n) is 11.5. The first-order valence-electron chi connectivity index (χ1n) is 6.42. The first kappa shape index (κ1) is 16.3. The first-order chi connectivity index (χ1) is 9.96. The molecular weight excluding hydrogens is 313 g/mol. The van der Waals surface area contributed by atoms with Crippen molar-refractivity contribution in [1.29, 1.82) is 0 Å². The van der Waals surface area contributed by atoms with Crippen molar-refractivity contribution >= 4 is 21.8 Å². The summed E-state index contributed by atoms with van der Waals surface area (Å²) in [6.45, 7) is -0.412. The van der Waals surface area contributed by atoms with Gasteiger partial charge in [0.2, 0.25) is 10.0 Å². The summed E-state index contributed by atoms with van der Waals surface area (Å²) >= 11 is 1.72. The van der Waals surface area contributed by atoms with Gasteiger partial charge in [-0.2, -0.15) is 16.1 Å². The maximum atomic E-state index is 13.3. The molecule has 1 aliphatic heterocycles. The topological polar surface area (TPSA) is 57.6 Å². The predicted octanol–water partition coefficient (Wildman–Crippen LogP) is 1.30. The van der Waals surface area contributed by atoms with E-state index in [4.69, 9.17) is 5.11 Å². The Kier molecular flexibility index (Phi) is 5.27. The third kappa shape index (κ3) is 3.58. The Balaban J connectivity index is 2.43. The van der Waals surface area contributed by atoms with Crippen molar-refractivity contribution in [2.75, 3.05) is 25.2 Å². The van der Waals surface area contributed by atoms with Gasteiger partial charge in [-0.05, 0) is 30.4 Å². The maximum absolute atomic E-state index is 13.3. The monoisotopic (exact) mass is 329 g/mol. The van der Waals surface area contributed by atoms with E-state index >= 15 is 0 Å². The van der Waals surface area contributed by atoms with Crippen molar-refractivity contribution in [1.82, 2.24) is 4.31 Å². The lowest BCUT2D eigenvalue weighted by Crippen LogP contribution is -2.37. The highest BCUT2D eigenvalue weighted by atomic mass is 32.2. The highest BCUT2D eigenvalue weighted by Crippen LogP contribution is 2.27. The Bertz CT molecular complexity index is 673. The van der Waals surface area contributed by atoms with Crippen LogP contribution >= 0.6 is 11.8 Å². The average molecular weight is 329 g/mol. The normalized spacial score (nSPS) is 18.6. The van der Waals surface area contributed by atoms with Crippen molar-refractivity contribution in [3.05, 3.63) is 29.6 Å². The lowest BCUT2D eigenvalue weighted by molar-refractivity contribution is 0.350. The van der Waals surface area contributed by atoms with Gasteiger partial charge in [-0.3, -0.25) is 0 Å². The summed E-state index contributed by atoms with van der Waals surface area (Å²) < 4.78 is 40.0. The Morgan fingerprint density at radius 1 is 1.52 bits per heavy atom. The SMILES string of the molecule is CN(C1CCSC1)S(=O)(=O)c1ccc(F)cc1C#CCO. The van der Waals surface area contributed by atoms with E-state index in [0.29, 0.717) is 0 Å². The summed E-state index contributed by atoms with van der Waals surface area (Å²) in [5.41, 5.74) is 0.0709. The minimum atomic E-state index is -3.73. The van der Waals surface area contributed by atoms with Crippen molar-refractivity contribution in [3.8, 4) is 11.8 Å². The minimum Gasteiger partial charge on any atom is -0.384 e. The van der Waals surface area contributed by atoms with Gasteiger partial charge in [0, 0.05) is 24.4 Å². The number of sulfonamides is 1. The number of aliphatic hydroxyl groups excluding tert-OH is 1. The van der Waals surface area contributed by atoms with E-state index in [1.165, 1.54) is 10.4 Å². The van der Waals surface area contributed by atoms with Gasteiger partial charge in [-0.1, -0.05) is 11.8 Å². The van der Waals surface area contributed by atoms with Gasteiger partial charge in [0.15, 0.2) is 0 Å². The number of thioether (sulfide) groups is 1.